The van der Waals surface area contributed by atoms with E-state index >= 15 is 0 Å². The standard InChI is InChI=1S/C24H21N3OS/c1-15-26-27-24(29-15)19-8-9-20-14-25-22(12-21(20)11-19)13-23(28)18-7-6-16-4-2-3-5-17(16)10-18/h6-12,14H,2-5,13H2,1H3. The summed E-state index contributed by atoms with van der Waals surface area (Å²) in [6.45, 7) is 1.95. The van der Waals surface area contributed by atoms with Crippen LogP contribution in [0.25, 0.3) is 21.3 Å². The van der Waals surface area contributed by atoms with E-state index in [0.717, 1.165) is 50.5 Å². The van der Waals surface area contributed by atoms with Crippen LogP contribution in [0.1, 0.15) is 45.0 Å². The third kappa shape index (κ3) is 3.70. The fourth-order valence-corrected chi connectivity index (χ4v) is 4.69. The molecule has 2 aromatic heterocycles. The van der Waals surface area contributed by atoms with Crippen molar-refractivity contribution in [3.63, 3.8) is 0 Å². The van der Waals surface area contributed by atoms with Crippen LogP contribution in [0, 0.1) is 6.92 Å². The van der Waals surface area contributed by atoms with Crippen molar-refractivity contribution >= 4 is 27.9 Å². The Labute approximate surface area is 173 Å². The molecular formula is C24H21N3OS. The van der Waals surface area contributed by atoms with E-state index in [1.807, 2.05) is 37.4 Å². The molecule has 0 N–H and O–H groups in total. The van der Waals surface area contributed by atoms with E-state index in [2.05, 4.69) is 33.4 Å². The van der Waals surface area contributed by atoms with Crippen LogP contribution < -0.4 is 0 Å². The van der Waals surface area contributed by atoms with Gasteiger partial charge in [0.15, 0.2) is 5.78 Å². The lowest BCUT2D eigenvalue weighted by Gasteiger charge is -2.16. The molecule has 2 aromatic carbocycles. The quantitative estimate of drug-likeness (QED) is 0.433. The largest absolute Gasteiger partial charge is 0.294 e. The van der Waals surface area contributed by atoms with E-state index in [0.29, 0.717) is 6.42 Å². The van der Waals surface area contributed by atoms with Gasteiger partial charge in [0.05, 0.1) is 6.42 Å². The number of pyridine rings is 1. The third-order valence-corrected chi connectivity index (χ3v) is 6.45. The van der Waals surface area contributed by atoms with Crippen LogP contribution in [-0.2, 0) is 19.3 Å². The van der Waals surface area contributed by atoms with Crippen molar-refractivity contribution in [2.24, 2.45) is 0 Å². The van der Waals surface area contributed by atoms with Crippen LogP contribution in [0.2, 0.25) is 0 Å². The maximum Gasteiger partial charge on any atom is 0.168 e. The average molecular weight is 400 g/mol. The topological polar surface area (TPSA) is 55.7 Å². The first-order chi connectivity index (χ1) is 14.2. The summed E-state index contributed by atoms with van der Waals surface area (Å²) in [6, 6.07) is 14.4. The second-order valence-electron chi connectivity index (χ2n) is 7.65. The van der Waals surface area contributed by atoms with E-state index in [-0.39, 0.29) is 5.78 Å². The number of fused-ring (bicyclic) bond motifs is 2. The van der Waals surface area contributed by atoms with Crippen molar-refractivity contribution in [2.75, 3.05) is 0 Å². The molecule has 4 nitrogen and oxygen atoms in total. The molecule has 0 amide bonds. The van der Waals surface area contributed by atoms with Crippen molar-refractivity contribution < 1.29 is 4.79 Å². The van der Waals surface area contributed by atoms with Gasteiger partial charge in [-0.25, -0.2) is 0 Å². The summed E-state index contributed by atoms with van der Waals surface area (Å²) >= 11 is 1.58. The van der Waals surface area contributed by atoms with Gasteiger partial charge in [-0.2, -0.15) is 0 Å². The predicted octanol–water partition coefficient (Wildman–Crippen LogP) is 5.37. The van der Waals surface area contributed by atoms with Gasteiger partial charge in [-0.15, -0.1) is 10.2 Å². The molecule has 0 spiro atoms. The number of carbonyl (C=O) groups is 1. The highest BCUT2D eigenvalue weighted by Crippen LogP contribution is 2.27. The first kappa shape index (κ1) is 18.1. The molecule has 1 aliphatic rings. The van der Waals surface area contributed by atoms with Crippen molar-refractivity contribution in [3.05, 3.63) is 76.1 Å². The third-order valence-electron chi connectivity index (χ3n) is 5.56. The monoisotopic (exact) mass is 399 g/mol. The minimum Gasteiger partial charge on any atom is -0.294 e. The number of rotatable bonds is 4. The number of benzene rings is 2. The second kappa shape index (κ2) is 7.48. The minimum absolute atomic E-state index is 0.126. The van der Waals surface area contributed by atoms with Crippen LogP contribution in [-0.4, -0.2) is 21.0 Å². The van der Waals surface area contributed by atoms with Crippen LogP contribution in [0.15, 0.2) is 48.7 Å². The lowest BCUT2D eigenvalue weighted by molar-refractivity contribution is 0.0992. The highest BCUT2D eigenvalue weighted by atomic mass is 32.1. The van der Waals surface area contributed by atoms with Gasteiger partial charge in [-0.05, 0) is 67.3 Å². The zero-order valence-electron chi connectivity index (χ0n) is 16.3. The molecule has 0 fully saturated rings. The summed E-state index contributed by atoms with van der Waals surface area (Å²) in [5.41, 5.74) is 5.37. The first-order valence-corrected chi connectivity index (χ1v) is 10.8. The van der Waals surface area contributed by atoms with Gasteiger partial charge in [0.25, 0.3) is 0 Å². The SMILES string of the molecule is Cc1nnc(-c2ccc3cnc(CC(=O)c4ccc5c(c4)CCCC5)cc3c2)s1. The molecule has 0 radical (unpaired) electrons. The van der Waals surface area contributed by atoms with Gasteiger partial charge in [-0.1, -0.05) is 35.6 Å². The molecule has 1 aliphatic carbocycles. The van der Waals surface area contributed by atoms with Gasteiger partial charge in [-0.3, -0.25) is 9.78 Å². The normalized spacial score (nSPS) is 13.4. The lowest BCUT2D eigenvalue weighted by Crippen LogP contribution is -2.08. The molecule has 29 heavy (non-hydrogen) atoms. The van der Waals surface area contributed by atoms with Gasteiger partial charge >= 0.3 is 0 Å². The van der Waals surface area contributed by atoms with Gasteiger partial charge < -0.3 is 0 Å². The number of hydrogen-bond donors (Lipinski definition) is 0. The minimum atomic E-state index is 0.126. The summed E-state index contributed by atoms with van der Waals surface area (Å²) in [5, 5.41) is 12.3. The first-order valence-electron chi connectivity index (χ1n) is 10.00. The lowest BCUT2D eigenvalue weighted by atomic mass is 9.89. The van der Waals surface area contributed by atoms with Crippen LogP contribution in [0.4, 0.5) is 0 Å². The van der Waals surface area contributed by atoms with Gasteiger partial charge in [0.1, 0.15) is 10.0 Å². The molecular weight excluding hydrogens is 378 g/mol. The van der Waals surface area contributed by atoms with Crippen molar-refractivity contribution in [2.45, 2.75) is 39.0 Å². The van der Waals surface area contributed by atoms with Gasteiger partial charge in [0.2, 0.25) is 0 Å². The molecule has 0 unspecified atom stereocenters. The predicted molar refractivity (Wildman–Crippen MR) is 117 cm³/mol. The van der Waals surface area contributed by atoms with Gasteiger partial charge in [0, 0.05) is 28.4 Å². The number of nitrogens with zero attached hydrogens (tertiary/aromatic N) is 3. The number of aromatic nitrogens is 3. The van der Waals surface area contributed by atoms with Crippen molar-refractivity contribution in [1.82, 2.24) is 15.2 Å². The highest BCUT2D eigenvalue weighted by Gasteiger charge is 2.14. The Morgan fingerprint density at radius 1 is 0.966 bits per heavy atom. The summed E-state index contributed by atoms with van der Waals surface area (Å²) in [5.74, 6) is 0.126. The Kier molecular flexibility index (Phi) is 4.68. The van der Waals surface area contributed by atoms with E-state index in [1.165, 1.54) is 24.0 Å². The van der Waals surface area contributed by atoms with Crippen molar-refractivity contribution in [1.29, 1.82) is 0 Å². The molecule has 0 atom stereocenters. The van der Waals surface area contributed by atoms with E-state index in [1.54, 1.807) is 11.3 Å². The molecule has 0 bridgehead atoms. The van der Waals surface area contributed by atoms with Crippen LogP contribution >= 0.6 is 11.3 Å². The molecule has 0 saturated carbocycles. The summed E-state index contributed by atoms with van der Waals surface area (Å²) in [6.07, 6.45) is 6.84. The zero-order valence-corrected chi connectivity index (χ0v) is 17.1. The van der Waals surface area contributed by atoms with Crippen molar-refractivity contribution in [3.8, 4) is 10.6 Å². The second-order valence-corrected chi connectivity index (χ2v) is 8.84. The Morgan fingerprint density at radius 3 is 2.66 bits per heavy atom. The number of aryl methyl sites for hydroxylation is 3. The summed E-state index contributed by atoms with van der Waals surface area (Å²) < 4.78 is 0. The molecule has 5 rings (SSSR count). The highest BCUT2D eigenvalue weighted by molar-refractivity contribution is 7.14. The van der Waals surface area contributed by atoms with E-state index in [9.17, 15) is 4.79 Å². The van der Waals surface area contributed by atoms with Crippen LogP contribution in [0.5, 0.6) is 0 Å². The maximum atomic E-state index is 12.9. The Hall–Kier alpha value is -2.92. The van der Waals surface area contributed by atoms with E-state index < -0.39 is 0 Å². The molecule has 0 aliphatic heterocycles. The molecule has 144 valence electrons. The fourth-order valence-electron chi connectivity index (χ4n) is 4.00. The average Bonchev–Trinajstić information content (AvgIpc) is 3.19. The number of carbonyl (C=O) groups excluding carboxylic acids is 1. The number of Topliss-reactive ketones (excluding diaryl/α,β-unsaturated/α-hetero) is 1. The maximum absolute atomic E-state index is 12.9. The summed E-state index contributed by atoms with van der Waals surface area (Å²) in [7, 11) is 0. The Balaban J connectivity index is 1.42. The molecule has 2 heterocycles. The Morgan fingerprint density at radius 2 is 1.83 bits per heavy atom. The molecule has 0 saturated heterocycles. The number of hydrogen-bond acceptors (Lipinski definition) is 5. The molecule has 4 aromatic rings. The van der Waals surface area contributed by atoms with Crippen LogP contribution in [0.3, 0.4) is 0 Å². The fraction of sp³-hybridized carbons (Fsp3) is 0.250. The number of ketones is 1. The Bertz CT molecular complexity index is 1230. The smallest absolute Gasteiger partial charge is 0.168 e. The van der Waals surface area contributed by atoms with E-state index in [4.69, 9.17) is 0 Å². The summed E-state index contributed by atoms with van der Waals surface area (Å²) in [4.78, 5) is 17.4. The molecule has 5 heteroatoms. The zero-order chi connectivity index (χ0) is 19.8.